The third-order valence-corrected chi connectivity index (χ3v) is 5.13. The van der Waals surface area contributed by atoms with Gasteiger partial charge in [-0.05, 0) is 53.6 Å². The second-order valence-electron chi connectivity index (χ2n) is 7.15. The van der Waals surface area contributed by atoms with Crippen molar-refractivity contribution in [1.29, 1.82) is 5.26 Å². The van der Waals surface area contributed by atoms with Gasteiger partial charge in [0.2, 0.25) is 0 Å². The molecule has 0 aliphatic carbocycles. The van der Waals surface area contributed by atoms with Gasteiger partial charge in [-0.2, -0.15) is 5.26 Å². The summed E-state index contributed by atoms with van der Waals surface area (Å²) in [6, 6.07) is 20.6. The molecule has 1 N–H and O–H groups in total. The number of nitriles is 1. The highest BCUT2D eigenvalue weighted by atomic mass is 19.1. The number of aromatic nitrogens is 3. The molecule has 5 rings (SSSR count). The van der Waals surface area contributed by atoms with Gasteiger partial charge in [-0.15, -0.1) is 0 Å². The lowest BCUT2D eigenvalue weighted by molar-refractivity contribution is 0.628. The van der Waals surface area contributed by atoms with Gasteiger partial charge < -0.3 is 5.32 Å². The zero-order chi connectivity index (χ0) is 21.2. The van der Waals surface area contributed by atoms with E-state index in [1.165, 1.54) is 0 Å². The van der Waals surface area contributed by atoms with E-state index >= 15 is 4.39 Å². The third kappa shape index (κ3) is 3.65. The molecule has 0 unspecified atom stereocenters. The Kier molecular flexibility index (Phi) is 4.70. The Labute approximate surface area is 177 Å². The van der Waals surface area contributed by atoms with Gasteiger partial charge in [0.25, 0.3) is 0 Å². The molecule has 0 amide bonds. The topological polar surface area (TPSA) is 74.5 Å². The van der Waals surface area contributed by atoms with Crippen molar-refractivity contribution in [2.45, 2.75) is 6.54 Å². The van der Waals surface area contributed by atoms with Crippen LogP contribution in [-0.4, -0.2) is 15.0 Å². The summed E-state index contributed by atoms with van der Waals surface area (Å²) in [5.74, 6) is -0.221. The normalized spacial score (nSPS) is 10.8. The molecular formula is C25H16FN5. The van der Waals surface area contributed by atoms with Gasteiger partial charge >= 0.3 is 0 Å². The first-order valence-electron chi connectivity index (χ1n) is 9.73. The number of pyridine rings is 3. The molecule has 0 bridgehead atoms. The van der Waals surface area contributed by atoms with Crippen LogP contribution < -0.4 is 5.32 Å². The molecule has 31 heavy (non-hydrogen) atoms. The fourth-order valence-corrected chi connectivity index (χ4v) is 3.55. The number of nitrogens with one attached hydrogen (secondary N) is 1. The Morgan fingerprint density at radius 3 is 2.68 bits per heavy atom. The number of rotatable bonds is 4. The molecule has 148 valence electrons. The average Bonchev–Trinajstić information content (AvgIpc) is 2.82. The highest BCUT2D eigenvalue weighted by molar-refractivity contribution is 5.85. The monoisotopic (exact) mass is 405 g/mol. The van der Waals surface area contributed by atoms with E-state index in [0.717, 1.165) is 32.9 Å². The van der Waals surface area contributed by atoms with Gasteiger partial charge in [-0.25, -0.2) is 9.37 Å². The largest absolute Gasteiger partial charge is 0.363 e. The lowest BCUT2D eigenvalue weighted by Crippen LogP contribution is -2.05. The lowest BCUT2D eigenvalue weighted by Gasteiger charge is -2.11. The Bertz CT molecular complexity index is 1470. The van der Waals surface area contributed by atoms with Gasteiger partial charge in [0, 0.05) is 41.5 Å². The van der Waals surface area contributed by atoms with Crippen LogP contribution in [0, 0.1) is 17.1 Å². The summed E-state index contributed by atoms with van der Waals surface area (Å²) in [7, 11) is 0. The average molecular weight is 405 g/mol. The van der Waals surface area contributed by atoms with Crippen molar-refractivity contribution in [2.24, 2.45) is 0 Å². The predicted molar refractivity (Wildman–Crippen MR) is 119 cm³/mol. The summed E-state index contributed by atoms with van der Waals surface area (Å²) in [6.07, 6.45) is 5.05. The van der Waals surface area contributed by atoms with E-state index in [0.29, 0.717) is 17.7 Å². The molecule has 0 atom stereocenters. The first-order valence-corrected chi connectivity index (χ1v) is 9.73. The molecule has 2 aromatic carbocycles. The molecule has 5 nitrogen and oxygen atoms in total. The molecule has 6 heteroatoms. The fraction of sp³-hybridized carbons (Fsp3) is 0.0400. The molecule has 3 aromatic heterocycles. The number of hydrogen-bond acceptors (Lipinski definition) is 5. The zero-order valence-electron chi connectivity index (χ0n) is 16.4. The fourth-order valence-electron chi connectivity index (χ4n) is 3.55. The maximum Gasteiger partial charge on any atom is 0.173 e. The Morgan fingerprint density at radius 1 is 0.871 bits per heavy atom. The summed E-state index contributed by atoms with van der Waals surface area (Å²) >= 11 is 0. The molecule has 5 aromatic rings. The van der Waals surface area contributed by atoms with Gasteiger partial charge in [-0.3, -0.25) is 9.97 Å². The summed E-state index contributed by atoms with van der Waals surface area (Å²) in [4.78, 5) is 12.9. The van der Waals surface area contributed by atoms with E-state index in [-0.39, 0.29) is 5.82 Å². The second-order valence-corrected chi connectivity index (χ2v) is 7.15. The summed E-state index contributed by atoms with van der Waals surface area (Å²) in [5, 5.41) is 14.0. The SMILES string of the molecule is N#Cc1ccc2cc(CNc3nccc(-c4ccc5ncccc5c4)c3F)cnc2c1. The molecule has 0 saturated carbocycles. The van der Waals surface area contributed by atoms with Crippen molar-refractivity contribution in [3.05, 3.63) is 96.2 Å². The number of nitrogens with zero attached hydrogens (tertiary/aromatic N) is 4. The molecule has 0 radical (unpaired) electrons. The van der Waals surface area contributed by atoms with Gasteiger partial charge in [0.15, 0.2) is 11.6 Å². The van der Waals surface area contributed by atoms with Crippen LogP contribution in [0.1, 0.15) is 11.1 Å². The highest BCUT2D eigenvalue weighted by Crippen LogP contribution is 2.28. The van der Waals surface area contributed by atoms with Crippen LogP contribution in [0.15, 0.2) is 79.3 Å². The van der Waals surface area contributed by atoms with Gasteiger partial charge in [0.1, 0.15) is 0 Å². The third-order valence-electron chi connectivity index (χ3n) is 5.13. The molecule has 0 fully saturated rings. The molecule has 0 saturated heterocycles. The molecule has 0 aliphatic heterocycles. The van der Waals surface area contributed by atoms with Crippen molar-refractivity contribution in [1.82, 2.24) is 15.0 Å². The summed E-state index contributed by atoms with van der Waals surface area (Å²) in [5.41, 5.74) is 4.32. The molecule has 0 aliphatic rings. The van der Waals surface area contributed by atoms with Crippen molar-refractivity contribution in [2.75, 3.05) is 5.32 Å². The Balaban J connectivity index is 1.41. The van der Waals surface area contributed by atoms with E-state index in [9.17, 15) is 0 Å². The minimum atomic E-state index is -0.404. The maximum absolute atomic E-state index is 15.2. The predicted octanol–water partition coefficient (Wildman–Crippen LogP) is 5.47. The summed E-state index contributed by atoms with van der Waals surface area (Å²) in [6.45, 7) is 0.373. The minimum Gasteiger partial charge on any atom is -0.363 e. The maximum atomic E-state index is 15.2. The van der Waals surface area contributed by atoms with E-state index in [2.05, 4.69) is 26.3 Å². The van der Waals surface area contributed by atoms with Gasteiger partial charge in [-0.1, -0.05) is 18.2 Å². The van der Waals surface area contributed by atoms with Crippen LogP contribution >= 0.6 is 0 Å². The van der Waals surface area contributed by atoms with Crippen molar-refractivity contribution in [3.8, 4) is 17.2 Å². The van der Waals surface area contributed by atoms with Crippen LogP contribution in [0.5, 0.6) is 0 Å². The molecule has 0 spiro atoms. The Morgan fingerprint density at radius 2 is 1.77 bits per heavy atom. The van der Waals surface area contributed by atoms with E-state index < -0.39 is 5.82 Å². The van der Waals surface area contributed by atoms with E-state index in [1.807, 2.05) is 42.5 Å². The second kappa shape index (κ2) is 7.81. The van der Waals surface area contributed by atoms with E-state index in [4.69, 9.17) is 5.26 Å². The number of halogens is 1. The van der Waals surface area contributed by atoms with Crippen molar-refractivity contribution < 1.29 is 4.39 Å². The lowest BCUT2D eigenvalue weighted by atomic mass is 10.0. The van der Waals surface area contributed by atoms with Crippen molar-refractivity contribution in [3.63, 3.8) is 0 Å². The zero-order valence-corrected chi connectivity index (χ0v) is 16.4. The highest BCUT2D eigenvalue weighted by Gasteiger charge is 2.12. The van der Waals surface area contributed by atoms with Crippen LogP contribution in [0.3, 0.4) is 0 Å². The molecule has 3 heterocycles. The van der Waals surface area contributed by atoms with Crippen LogP contribution in [0.4, 0.5) is 10.2 Å². The number of benzene rings is 2. The quantitative estimate of drug-likeness (QED) is 0.429. The first-order chi connectivity index (χ1) is 15.2. The van der Waals surface area contributed by atoms with Crippen LogP contribution in [-0.2, 0) is 6.54 Å². The van der Waals surface area contributed by atoms with Crippen LogP contribution in [0.2, 0.25) is 0 Å². The number of anilines is 1. The first kappa shape index (κ1) is 18.6. The van der Waals surface area contributed by atoms with E-state index in [1.54, 1.807) is 36.8 Å². The number of hydrogen-bond donors (Lipinski definition) is 1. The number of fused-ring (bicyclic) bond motifs is 2. The Hall–Kier alpha value is -4.37. The summed E-state index contributed by atoms with van der Waals surface area (Å²) < 4.78 is 15.2. The van der Waals surface area contributed by atoms with Crippen LogP contribution in [0.25, 0.3) is 32.9 Å². The minimum absolute atomic E-state index is 0.184. The van der Waals surface area contributed by atoms with Crippen molar-refractivity contribution >= 4 is 27.6 Å². The standard InChI is InChI=1S/C25H16FN5/c26-24-21(18-5-6-22-19(12-18)2-1-8-28-22)7-9-29-25(24)31-15-17-10-20-4-3-16(13-27)11-23(20)30-14-17/h1-12,14H,15H2,(H,29,31). The smallest absolute Gasteiger partial charge is 0.173 e. The molecular weight excluding hydrogens is 389 g/mol. The van der Waals surface area contributed by atoms with Gasteiger partial charge in [0.05, 0.1) is 22.7 Å².